The second-order valence-electron chi connectivity index (χ2n) is 3.35. The van der Waals surface area contributed by atoms with Gasteiger partial charge in [0.15, 0.2) is 0 Å². The number of carbonyl (C=O) groups is 2. The maximum atomic E-state index is 10.9. The number of anilines is 1. The Morgan fingerprint density at radius 2 is 2.19 bits per heavy atom. The molecule has 1 aromatic carbocycles. The van der Waals surface area contributed by atoms with Gasteiger partial charge in [-0.1, -0.05) is 6.08 Å². The van der Waals surface area contributed by atoms with E-state index >= 15 is 0 Å². The molecule has 0 aliphatic carbocycles. The zero-order valence-corrected chi connectivity index (χ0v) is 8.99. The van der Waals surface area contributed by atoms with Crippen molar-refractivity contribution < 1.29 is 14.7 Å². The van der Waals surface area contributed by atoms with Gasteiger partial charge in [-0.3, -0.25) is 4.79 Å². The third-order valence-electron chi connectivity index (χ3n) is 2.03. The Bertz CT molecular complexity index is 438. The van der Waals surface area contributed by atoms with E-state index < -0.39 is 5.97 Å². The molecule has 1 rings (SSSR count). The van der Waals surface area contributed by atoms with Crippen molar-refractivity contribution in [3.05, 3.63) is 42.0 Å². The predicted molar refractivity (Wildman–Crippen MR) is 61.6 cm³/mol. The molecule has 0 aliphatic heterocycles. The number of hydrogen-bond donors (Lipinski definition) is 2. The fourth-order valence-electron chi connectivity index (χ4n) is 1.36. The van der Waals surface area contributed by atoms with E-state index in [4.69, 9.17) is 5.11 Å². The highest BCUT2D eigenvalue weighted by Crippen LogP contribution is 2.18. The topological polar surface area (TPSA) is 66.4 Å². The number of rotatable bonds is 4. The molecule has 0 aromatic heterocycles. The van der Waals surface area contributed by atoms with Gasteiger partial charge in [0.2, 0.25) is 5.91 Å². The first-order chi connectivity index (χ1) is 7.54. The molecule has 0 heterocycles. The van der Waals surface area contributed by atoms with E-state index in [-0.39, 0.29) is 11.5 Å². The van der Waals surface area contributed by atoms with Crippen LogP contribution in [0.2, 0.25) is 0 Å². The van der Waals surface area contributed by atoms with Crippen LogP contribution < -0.4 is 5.32 Å². The van der Waals surface area contributed by atoms with Gasteiger partial charge < -0.3 is 10.4 Å². The third-order valence-corrected chi connectivity index (χ3v) is 2.03. The van der Waals surface area contributed by atoms with E-state index in [1.807, 2.05) is 0 Å². The number of amides is 1. The molecular formula is C12H13NO3. The van der Waals surface area contributed by atoms with Gasteiger partial charge in [0.05, 0.1) is 5.56 Å². The summed E-state index contributed by atoms with van der Waals surface area (Å²) >= 11 is 0. The molecule has 1 amide bonds. The van der Waals surface area contributed by atoms with E-state index in [0.29, 0.717) is 12.1 Å². The van der Waals surface area contributed by atoms with Crippen LogP contribution in [0.5, 0.6) is 0 Å². The first-order valence-electron chi connectivity index (χ1n) is 4.79. The van der Waals surface area contributed by atoms with Crippen LogP contribution in [0.15, 0.2) is 30.9 Å². The summed E-state index contributed by atoms with van der Waals surface area (Å²) in [5, 5.41) is 11.5. The van der Waals surface area contributed by atoms with Crippen molar-refractivity contribution in [2.75, 3.05) is 5.32 Å². The number of carboxylic acids is 1. The first-order valence-corrected chi connectivity index (χ1v) is 4.79. The average molecular weight is 219 g/mol. The monoisotopic (exact) mass is 219 g/mol. The van der Waals surface area contributed by atoms with Gasteiger partial charge in [-0.05, 0) is 30.2 Å². The van der Waals surface area contributed by atoms with Crippen LogP contribution in [0, 0.1) is 0 Å². The Morgan fingerprint density at radius 1 is 1.50 bits per heavy atom. The molecule has 84 valence electrons. The molecule has 0 saturated heterocycles. The molecule has 0 bridgehead atoms. The molecule has 0 radical (unpaired) electrons. The Balaban J connectivity index is 3.12. The molecule has 2 N–H and O–H groups in total. The van der Waals surface area contributed by atoms with Gasteiger partial charge in [-0.2, -0.15) is 0 Å². The molecule has 0 spiro atoms. The number of allylic oxidation sites excluding steroid dienone is 1. The summed E-state index contributed by atoms with van der Waals surface area (Å²) < 4.78 is 0. The summed E-state index contributed by atoms with van der Waals surface area (Å²) in [6.07, 6.45) is 2.17. The van der Waals surface area contributed by atoms with Crippen molar-refractivity contribution in [2.45, 2.75) is 13.3 Å². The normalized spacial score (nSPS) is 9.56. The molecule has 4 nitrogen and oxygen atoms in total. The van der Waals surface area contributed by atoms with Gasteiger partial charge >= 0.3 is 5.97 Å². The van der Waals surface area contributed by atoms with Crippen molar-refractivity contribution >= 4 is 17.6 Å². The zero-order chi connectivity index (χ0) is 12.1. The highest BCUT2D eigenvalue weighted by Gasteiger charge is 2.08. The van der Waals surface area contributed by atoms with Crippen LogP contribution in [0.4, 0.5) is 5.69 Å². The highest BCUT2D eigenvalue weighted by molar-refractivity contribution is 5.92. The zero-order valence-electron chi connectivity index (χ0n) is 8.99. The number of hydrogen-bond acceptors (Lipinski definition) is 2. The lowest BCUT2D eigenvalue weighted by Crippen LogP contribution is -2.09. The largest absolute Gasteiger partial charge is 0.478 e. The Morgan fingerprint density at radius 3 is 2.69 bits per heavy atom. The molecule has 0 unspecified atom stereocenters. The minimum absolute atomic E-state index is 0.187. The summed E-state index contributed by atoms with van der Waals surface area (Å²) in [4.78, 5) is 21.7. The van der Waals surface area contributed by atoms with Gasteiger partial charge in [0, 0.05) is 12.6 Å². The van der Waals surface area contributed by atoms with Gasteiger partial charge in [-0.15, -0.1) is 6.58 Å². The molecule has 0 fully saturated rings. The van der Waals surface area contributed by atoms with E-state index in [9.17, 15) is 9.59 Å². The second kappa shape index (κ2) is 5.11. The lowest BCUT2D eigenvalue weighted by atomic mass is 10.1. The van der Waals surface area contributed by atoms with E-state index in [1.54, 1.807) is 12.1 Å². The molecule has 0 saturated carbocycles. The van der Waals surface area contributed by atoms with Crippen molar-refractivity contribution in [3.63, 3.8) is 0 Å². The second-order valence-corrected chi connectivity index (χ2v) is 3.35. The smallest absolute Gasteiger partial charge is 0.335 e. The maximum Gasteiger partial charge on any atom is 0.335 e. The standard InChI is InChI=1S/C12H13NO3/c1-3-4-9-7-10(12(15)16)5-6-11(9)13-8(2)14/h3,5-7H,1,4H2,2H3,(H,13,14)(H,15,16). The number of carbonyl (C=O) groups excluding carboxylic acids is 1. The molecule has 1 aromatic rings. The Labute approximate surface area is 93.6 Å². The quantitative estimate of drug-likeness (QED) is 0.762. The van der Waals surface area contributed by atoms with Crippen LogP contribution in [-0.4, -0.2) is 17.0 Å². The van der Waals surface area contributed by atoms with Crippen LogP contribution in [-0.2, 0) is 11.2 Å². The summed E-state index contributed by atoms with van der Waals surface area (Å²) in [7, 11) is 0. The van der Waals surface area contributed by atoms with Crippen molar-refractivity contribution in [2.24, 2.45) is 0 Å². The Hall–Kier alpha value is -2.10. The van der Waals surface area contributed by atoms with Crippen LogP contribution >= 0.6 is 0 Å². The minimum atomic E-state index is -0.986. The molecule has 4 heteroatoms. The summed E-state index contributed by atoms with van der Waals surface area (Å²) in [6.45, 7) is 5.00. The highest BCUT2D eigenvalue weighted by atomic mass is 16.4. The van der Waals surface area contributed by atoms with Gasteiger partial charge in [-0.25, -0.2) is 4.79 Å². The van der Waals surface area contributed by atoms with Gasteiger partial charge in [0.25, 0.3) is 0 Å². The Kier molecular flexibility index (Phi) is 3.83. The minimum Gasteiger partial charge on any atom is -0.478 e. The number of benzene rings is 1. The van der Waals surface area contributed by atoms with Gasteiger partial charge in [0.1, 0.15) is 0 Å². The molecular weight excluding hydrogens is 206 g/mol. The number of aromatic carboxylic acids is 1. The number of nitrogens with one attached hydrogen (secondary N) is 1. The summed E-state index contributed by atoms with van der Waals surface area (Å²) in [6, 6.07) is 4.58. The van der Waals surface area contributed by atoms with Crippen LogP contribution in [0.25, 0.3) is 0 Å². The van der Waals surface area contributed by atoms with E-state index in [1.165, 1.54) is 19.1 Å². The van der Waals surface area contributed by atoms with Crippen LogP contribution in [0.3, 0.4) is 0 Å². The summed E-state index contributed by atoms with van der Waals surface area (Å²) in [5.41, 5.74) is 1.56. The van der Waals surface area contributed by atoms with Crippen molar-refractivity contribution in [1.82, 2.24) is 0 Å². The van der Waals surface area contributed by atoms with Crippen LogP contribution in [0.1, 0.15) is 22.8 Å². The molecule has 16 heavy (non-hydrogen) atoms. The number of carboxylic acid groups (broad SMARTS) is 1. The first kappa shape index (κ1) is 12.0. The fraction of sp³-hybridized carbons (Fsp3) is 0.167. The van der Waals surface area contributed by atoms with E-state index in [2.05, 4.69) is 11.9 Å². The third kappa shape index (κ3) is 2.95. The SMILES string of the molecule is C=CCc1cc(C(=O)O)ccc1NC(C)=O. The predicted octanol–water partition coefficient (Wildman–Crippen LogP) is 2.07. The maximum absolute atomic E-state index is 10.9. The molecule has 0 atom stereocenters. The van der Waals surface area contributed by atoms with Crippen molar-refractivity contribution in [3.8, 4) is 0 Å². The lowest BCUT2D eigenvalue weighted by Gasteiger charge is -2.09. The molecule has 0 aliphatic rings. The summed E-state index contributed by atoms with van der Waals surface area (Å²) in [5.74, 6) is -1.17. The lowest BCUT2D eigenvalue weighted by molar-refractivity contribution is -0.114. The average Bonchev–Trinajstić information content (AvgIpc) is 2.20. The van der Waals surface area contributed by atoms with E-state index in [0.717, 1.165) is 5.56 Å². The van der Waals surface area contributed by atoms with Crippen molar-refractivity contribution in [1.29, 1.82) is 0 Å². The fourth-order valence-corrected chi connectivity index (χ4v) is 1.36.